The first-order chi connectivity index (χ1) is 12.3. The molecule has 1 saturated heterocycles. The van der Waals surface area contributed by atoms with E-state index in [0.717, 1.165) is 49.2 Å². The van der Waals surface area contributed by atoms with Gasteiger partial charge in [0.1, 0.15) is 5.75 Å². The molecule has 0 spiro atoms. The van der Waals surface area contributed by atoms with Gasteiger partial charge in [0.15, 0.2) is 0 Å². The van der Waals surface area contributed by atoms with Gasteiger partial charge in [-0.25, -0.2) is 4.98 Å². The van der Waals surface area contributed by atoms with E-state index in [1.807, 2.05) is 30.3 Å². The second kappa shape index (κ2) is 7.21. The number of fused-ring (bicyclic) bond motifs is 1. The predicted octanol–water partition coefficient (Wildman–Crippen LogP) is 3.77. The molecule has 1 aliphatic heterocycles. The zero-order valence-corrected chi connectivity index (χ0v) is 14.6. The number of nitrogens with zero attached hydrogens (tertiary/aromatic N) is 3. The van der Waals surface area contributed by atoms with Crippen molar-refractivity contribution in [3.8, 4) is 11.6 Å². The number of pyridine rings is 1. The Labute approximate surface area is 148 Å². The average Bonchev–Trinajstić information content (AvgIpc) is 2.65. The molecule has 4 rings (SSSR count). The van der Waals surface area contributed by atoms with Crippen molar-refractivity contribution in [2.24, 2.45) is 0 Å². The molecule has 2 aromatic carbocycles. The Morgan fingerprint density at radius 1 is 0.920 bits per heavy atom. The summed E-state index contributed by atoms with van der Waals surface area (Å²) in [5.41, 5.74) is 1.21. The monoisotopic (exact) mass is 333 g/mol. The maximum Gasteiger partial charge on any atom is 0.227 e. The number of para-hydroxylation sites is 1. The minimum Gasteiger partial charge on any atom is -0.438 e. The van der Waals surface area contributed by atoms with Crippen molar-refractivity contribution in [2.75, 3.05) is 33.2 Å². The van der Waals surface area contributed by atoms with E-state index in [1.54, 1.807) is 6.20 Å². The summed E-state index contributed by atoms with van der Waals surface area (Å²) in [6.45, 7) is 5.34. The molecule has 0 atom stereocenters. The summed E-state index contributed by atoms with van der Waals surface area (Å²) in [6, 6.07) is 18.5. The minimum absolute atomic E-state index is 0.670. The van der Waals surface area contributed by atoms with Crippen molar-refractivity contribution in [3.05, 3.63) is 66.4 Å². The first-order valence-electron chi connectivity index (χ1n) is 8.80. The van der Waals surface area contributed by atoms with Crippen LogP contribution < -0.4 is 4.74 Å². The molecule has 1 fully saturated rings. The number of hydrogen-bond donors (Lipinski definition) is 0. The van der Waals surface area contributed by atoms with Gasteiger partial charge >= 0.3 is 0 Å². The molecule has 4 nitrogen and oxygen atoms in total. The summed E-state index contributed by atoms with van der Waals surface area (Å²) in [4.78, 5) is 9.32. The Kier molecular flexibility index (Phi) is 4.63. The van der Waals surface area contributed by atoms with Crippen LogP contribution in [-0.4, -0.2) is 48.0 Å². The fourth-order valence-corrected chi connectivity index (χ4v) is 3.26. The van der Waals surface area contributed by atoms with Crippen LogP contribution in [0, 0.1) is 0 Å². The van der Waals surface area contributed by atoms with Crippen molar-refractivity contribution in [2.45, 2.75) is 6.54 Å². The van der Waals surface area contributed by atoms with Gasteiger partial charge in [0.2, 0.25) is 5.88 Å². The number of hydrogen-bond acceptors (Lipinski definition) is 4. The molecule has 0 radical (unpaired) electrons. The zero-order chi connectivity index (χ0) is 17.1. The Morgan fingerprint density at radius 3 is 2.56 bits per heavy atom. The van der Waals surface area contributed by atoms with E-state index in [9.17, 15) is 0 Å². The van der Waals surface area contributed by atoms with Gasteiger partial charge in [0.05, 0.1) is 0 Å². The summed E-state index contributed by atoms with van der Waals surface area (Å²) < 4.78 is 6.24. The highest BCUT2D eigenvalue weighted by atomic mass is 16.5. The molecular weight excluding hydrogens is 310 g/mol. The molecule has 128 valence electrons. The van der Waals surface area contributed by atoms with Gasteiger partial charge in [-0.1, -0.05) is 36.4 Å². The molecule has 3 aromatic rings. The molecule has 2 heterocycles. The lowest BCUT2D eigenvalue weighted by Gasteiger charge is -2.32. The van der Waals surface area contributed by atoms with Crippen molar-refractivity contribution in [1.29, 1.82) is 0 Å². The zero-order valence-electron chi connectivity index (χ0n) is 14.6. The second-order valence-corrected chi connectivity index (χ2v) is 6.63. The number of ether oxygens (including phenoxy) is 1. The smallest absolute Gasteiger partial charge is 0.227 e. The standard InChI is InChI=1S/C21H23N3O/c1-23-12-14-24(15-13-23)16-18-7-3-5-9-20(18)25-21-19-8-4-2-6-17(19)10-11-22-21/h2-11H,12-16H2,1H3. The van der Waals surface area contributed by atoms with E-state index in [-0.39, 0.29) is 0 Å². The van der Waals surface area contributed by atoms with Gasteiger partial charge in [-0.2, -0.15) is 0 Å². The van der Waals surface area contributed by atoms with Crippen LogP contribution in [0.5, 0.6) is 11.6 Å². The molecular formula is C21H23N3O. The lowest BCUT2D eigenvalue weighted by atomic mass is 10.1. The quantitative estimate of drug-likeness (QED) is 0.726. The van der Waals surface area contributed by atoms with Crippen LogP contribution in [0.1, 0.15) is 5.56 Å². The van der Waals surface area contributed by atoms with Crippen LogP contribution in [0.15, 0.2) is 60.8 Å². The third kappa shape index (κ3) is 3.65. The Morgan fingerprint density at radius 2 is 1.68 bits per heavy atom. The number of piperazine rings is 1. The molecule has 0 amide bonds. The SMILES string of the molecule is CN1CCN(Cc2ccccc2Oc2nccc3ccccc23)CC1. The first-order valence-corrected chi connectivity index (χ1v) is 8.80. The summed E-state index contributed by atoms with van der Waals surface area (Å²) in [5, 5.41) is 2.18. The minimum atomic E-state index is 0.670. The molecule has 1 aromatic heterocycles. The highest BCUT2D eigenvalue weighted by Gasteiger charge is 2.16. The van der Waals surface area contributed by atoms with Crippen molar-refractivity contribution in [1.82, 2.24) is 14.8 Å². The third-order valence-corrected chi connectivity index (χ3v) is 4.81. The van der Waals surface area contributed by atoms with Gasteiger partial charge in [-0.3, -0.25) is 4.90 Å². The van der Waals surface area contributed by atoms with Crippen LogP contribution in [-0.2, 0) is 6.54 Å². The fourth-order valence-electron chi connectivity index (χ4n) is 3.26. The number of benzene rings is 2. The van der Waals surface area contributed by atoms with E-state index in [0.29, 0.717) is 5.88 Å². The van der Waals surface area contributed by atoms with Gasteiger partial charge in [-0.15, -0.1) is 0 Å². The summed E-state index contributed by atoms with van der Waals surface area (Å²) in [7, 11) is 2.18. The topological polar surface area (TPSA) is 28.6 Å². The Balaban J connectivity index is 1.58. The van der Waals surface area contributed by atoms with Gasteiger partial charge < -0.3 is 9.64 Å². The number of likely N-dealkylation sites (N-methyl/N-ethyl adjacent to an activating group) is 1. The fraction of sp³-hybridized carbons (Fsp3) is 0.286. The van der Waals surface area contributed by atoms with Crippen LogP contribution in [0.25, 0.3) is 10.8 Å². The highest BCUT2D eigenvalue weighted by molar-refractivity contribution is 5.86. The highest BCUT2D eigenvalue weighted by Crippen LogP contribution is 2.30. The lowest BCUT2D eigenvalue weighted by Crippen LogP contribution is -2.43. The molecule has 0 aliphatic carbocycles. The molecule has 25 heavy (non-hydrogen) atoms. The molecule has 0 saturated carbocycles. The average molecular weight is 333 g/mol. The summed E-state index contributed by atoms with van der Waals surface area (Å²) in [6.07, 6.45) is 1.81. The van der Waals surface area contributed by atoms with E-state index in [1.165, 1.54) is 5.56 Å². The van der Waals surface area contributed by atoms with Gasteiger partial charge in [-0.05, 0) is 30.6 Å². The summed E-state index contributed by atoms with van der Waals surface area (Å²) in [5.74, 6) is 1.56. The third-order valence-electron chi connectivity index (χ3n) is 4.81. The van der Waals surface area contributed by atoms with E-state index in [4.69, 9.17) is 4.74 Å². The van der Waals surface area contributed by atoms with Gasteiger partial charge in [0.25, 0.3) is 0 Å². The molecule has 0 bridgehead atoms. The first kappa shape index (κ1) is 16.1. The molecule has 0 N–H and O–H groups in total. The van der Waals surface area contributed by atoms with Crippen LogP contribution in [0.2, 0.25) is 0 Å². The maximum absolute atomic E-state index is 6.24. The largest absolute Gasteiger partial charge is 0.438 e. The molecule has 1 aliphatic rings. The Hall–Kier alpha value is -2.43. The maximum atomic E-state index is 6.24. The second-order valence-electron chi connectivity index (χ2n) is 6.63. The predicted molar refractivity (Wildman–Crippen MR) is 101 cm³/mol. The van der Waals surface area contributed by atoms with Crippen LogP contribution in [0.3, 0.4) is 0 Å². The van der Waals surface area contributed by atoms with Crippen molar-refractivity contribution < 1.29 is 4.74 Å². The van der Waals surface area contributed by atoms with Crippen LogP contribution >= 0.6 is 0 Å². The normalized spacial score (nSPS) is 16.2. The van der Waals surface area contributed by atoms with E-state index in [2.05, 4.69) is 46.1 Å². The van der Waals surface area contributed by atoms with E-state index >= 15 is 0 Å². The van der Waals surface area contributed by atoms with E-state index < -0.39 is 0 Å². The Bertz CT molecular complexity index is 851. The lowest BCUT2D eigenvalue weighted by molar-refractivity contribution is 0.147. The number of rotatable bonds is 4. The molecule has 4 heteroatoms. The number of aromatic nitrogens is 1. The summed E-state index contributed by atoms with van der Waals surface area (Å²) >= 11 is 0. The van der Waals surface area contributed by atoms with Crippen molar-refractivity contribution in [3.63, 3.8) is 0 Å². The van der Waals surface area contributed by atoms with Crippen LogP contribution in [0.4, 0.5) is 0 Å². The van der Waals surface area contributed by atoms with Gasteiger partial charge in [0, 0.05) is 49.9 Å². The molecule has 0 unspecified atom stereocenters. The van der Waals surface area contributed by atoms with Crippen molar-refractivity contribution >= 4 is 10.8 Å².